The van der Waals surface area contributed by atoms with E-state index in [4.69, 9.17) is 18.7 Å². The topological polar surface area (TPSA) is 126 Å². The second-order valence-corrected chi connectivity index (χ2v) is 10.3. The predicted octanol–water partition coefficient (Wildman–Crippen LogP) is 1.45. The summed E-state index contributed by atoms with van der Waals surface area (Å²) >= 11 is 0. The summed E-state index contributed by atoms with van der Waals surface area (Å²) in [6, 6.07) is 21.6. The van der Waals surface area contributed by atoms with Crippen molar-refractivity contribution in [1.82, 2.24) is 9.97 Å². The van der Waals surface area contributed by atoms with Crippen molar-refractivity contribution in [3.63, 3.8) is 0 Å². The van der Waals surface area contributed by atoms with Crippen LogP contribution >= 0.6 is 7.49 Å². The SMILES string of the molecule is COc1ccc([P+](Oc2c([O-])[nH]c(=O)[nH]c2=O)(c2ccc(OC)cc2)c2ccc(OC)cc2)cc1. The molecule has 0 unspecified atom stereocenters. The third kappa shape index (κ3) is 4.58. The van der Waals surface area contributed by atoms with Gasteiger partial charge >= 0.3 is 11.2 Å². The number of benzene rings is 3. The fraction of sp³-hybridized carbons (Fsp3) is 0.120. The molecule has 4 aromatic rings. The van der Waals surface area contributed by atoms with Crippen molar-refractivity contribution >= 4 is 23.4 Å². The molecule has 180 valence electrons. The van der Waals surface area contributed by atoms with E-state index in [2.05, 4.69) is 9.97 Å². The van der Waals surface area contributed by atoms with Gasteiger partial charge in [-0.25, -0.2) is 4.79 Å². The zero-order valence-electron chi connectivity index (χ0n) is 19.2. The molecule has 0 saturated carbocycles. The number of ether oxygens (including phenoxy) is 3. The van der Waals surface area contributed by atoms with E-state index < -0.39 is 30.4 Å². The molecule has 0 saturated heterocycles. The summed E-state index contributed by atoms with van der Waals surface area (Å²) < 4.78 is 22.4. The normalized spacial score (nSPS) is 11.1. The van der Waals surface area contributed by atoms with Crippen LogP contribution in [0.1, 0.15) is 0 Å². The van der Waals surface area contributed by atoms with E-state index >= 15 is 0 Å². The van der Waals surface area contributed by atoms with Crippen molar-refractivity contribution in [1.29, 1.82) is 0 Å². The zero-order valence-corrected chi connectivity index (χ0v) is 20.1. The van der Waals surface area contributed by atoms with Gasteiger partial charge in [-0.1, -0.05) is 0 Å². The van der Waals surface area contributed by atoms with Crippen LogP contribution in [0.4, 0.5) is 0 Å². The van der Waals surface area contributed by atoms with Crippen LogP contribution < -0.4 is 51.0 Å². The van der Waals surface area contributed by atoms with Crippen LogP contribution in [0, 0.1) is 0 Å². The predicted molar refractivity (Wildman–Crippen MR) is 133 cm³/mol. The third-order valence-electron chi connectivity index (χ3n) is 5.40. The highest BCUT2D eigenvalue weighted by atomic mass is 31.2. The molecule has 1 heterocycles. The Bertz CT molecular complexity index is 1300. The smallest absolute Gasteiger partial charge is 0.325 e. The Kier molecular flexibility index (Phi) is 6.80. The quantitative estimate of drug-likeness (QED) is 0.355. The Morgan fingerprint density at radius 1 is 0.629 bits per heavy atom. The van der Waals surface area contributed by atoms with Crippen LogP contribution in [0.5, 0.6) is 28.9 Å². The lowest BCUT2D eigenvalue weighted by Gasteiger charge is -2.27. The van der Waals surface area contributed by atoms with Crippen LogP contribution in [0.25, 0.3) is 0 Å². The highest BCUT2D eigenvalue weighted by Gasteiger charge is 2.50. The fourth-order valence-electron chi connectivity index (χ4n) is 3.66. The first-order chi connectivity index (χ1) is 16.9. The summed E-state index contributed by atoms with van der Waals surface area (Å²) in [5, 5.41) is 14.8. The average molecular weight is 494 g/mol. The van der Waals surface area contributed by atoms with Crippen LogP contribution in [0.15, 0.2) is 82.4 Å². The summed E-state index contributed by atoms with van der Waals surface area (Å²) in [5.74, 6) is 0.451. The van der Waals surface area contributed by atoms with E-state index in [1.807, 2.05) is 36.4 Å². The zero-order chi connectivity index (χ0) is 25.0. The van der Waals surface area contributed by atoms with Gasteiger partial charge in [-0.15, -0.1) is 0 Å². The Labute approximate surface area is 201 Å². The van der Waals surface area contributed by atoms with E-state index in [0.29, 0.717) is 33.2 Å². The van der Waals surface area contributed by atoms with Crippen LogP contribution in [-0.4, -0.2) is 31.3 Å². The molecular formula is C25H23N2O7P. The minimum Gasteiger partial charge on any atom is -0.857 e. The maximum Gasteiger partial charge on any atom is 0.325 e. The van der Waals surface area contributed by atoms with Gasteiger partial charge in [0.25, 0.3) is 7.49 Å². The molecule has 0 spiro atoms. The Hall–Kier alpha value is -4.23. The maximum absolute atomic E-state index is 12.7. The molecule has 0 fully saturated rings. The van der Waals surface area contributed by atoms with Crippen molar-refractivity contribution in [3.05, 3.63) is 93.6 Å². The van der Waals surface area contributed by atoms with E-state index in [1.165, 1.54) is 0 Å². The average Bonchev–Trinajstić information content (AvgIpc) is 2.89. The number of H-pyrrole nitrogens is 2. The van der Waals surface area contributed by atoms with Crippen molar-refractivity contribution in [2.24, 2.45) is 0 Å². The van der Waals surface area contributed by atoms with E-state index in [-0.39, 0.29) is 0 Å². The molecule has 0 amide bonds. The van der Waals surface area contributed by atoms with Crippen molar-refractivity contribution in [2.45, 2.75) is 0 Å². The molecular weight excluding hydrogens is 471 g/mol. The van der Waals surface area contributed by atoms with E-state index in [0.717, 1.165) is 0 Å². The second-order valence-electron chi connectivity index (χ2n) is 7.36. The van der Waals surface area contributed by atoms with Gasteiger partial charge in [0.2, 0.25) is 5.75 Å². The first-order valence-corrected chi connectivity index (χ1v) is 12.2. The molecule has 2 N–H and O–H groups in total. The summed E-state index contributed by atoms with van der Waals surface area (Å²) in [5.41, 5.74) is -1.83. The number of aromatic nitrogens is 2. The van der Waals surface area contributed by atoms with Gasteiger partial charge < -0.3 is 28.8 Å². The van der Waals surface area contributed by atoms with Gasteiger partial charge in [0.1, 0.15) is 33.2 Å². The second kappa shape index (κ2) is 9.95. The first kappa shape index (κ1) is 23.9. The summed E-state index contributed by atoms with van der Waals surface area (Å²) in [6.07, 6.45) is 0. The van der Waals surface area contributed by atoms with Crippen molar-refractivity contribution in [2.75, 3.05) is 21.3 Å². The highest BCUT2D eigenvalue weighted by Crippen LogP contribution is 2.56. The number of aromatic amines is 2. The van der Waals surface area contributed by atoms with Crippen LogP contribution in [0.2, 0.25) is 0 Å². The molecule has 3 aromatic carbocycles. The third-order valence-corrected chi connectivity index (χ3v) is 8.94. The van der Waals surface area contributed by atoms with Gasteiger partial charge in [-0.3, -0.25) is 9.78 Å². The fourth-order valence-corrected chi connectivity index (χ4v) is 7.01. The molecule has 35 heavy (non-hydrogen) atoms. The molecule has 1 aromatic heterocycles. The monoisotopic (exact) mass is 494 g/mol. The molecule has 9 nitrogen and oxygen atoms in total. The molecule has 0 bridgehead atoms. The van der Waals surface area contributed by atoms with E-state index in [1.54, 1.807) is 57.7 Å². The number of hydrogen-bond donors (Lipinski definition) is 2. The Balaban J connectivity index is 2.05. The first-order valence-electron chi connectivity index (χ1n) is 10.5. The van der Waals surface area contributed by atoms with Crippen LogP contribution in [0.3, 0.4) is 0 Å². The lowest BCUT2D eigenvalue weighted by Crippen LogP contribution is -2.37. The number of nitrogens with one attached hydrogen (secondary N) is 2. The standard InChI is InChI=1S/C25H23N2O7P/c1-31-16-4-10-19(11-5-16)35(20-12-6-17(32-2)7-13-20,21-14-8-18(33-3)9-15-21)34-22-23(28)26-25(30)27-24(22)29/h4-15H,1-3H3,(H2-,26,27,28,29,30). The lowest BCUT2D eigenvalue weighted by molar-refractivity contribution is -0.276. The van der Waals surface area contributed by atoms with Crippen molar-refractivity contribution in [3.8, 4) is 28.9 Å². The Morgan fingerprint density at radius 2 is 1.00 bits per heavy atom. The van der Waals surface area contributed by atoms with Crippen LogP contribution in [-0.2, 0) is 0 Å². The van der Waals surface area contributed by atoms with Gasteiger partial charge in [0, 0.05) is 5.88 Å². The molecule has 0 aliphatic heterocycles. The highest BCUT2D eigenvalue weighted by molar-refractivity contribution is 7.92. The van der Waals surface area contributed by atoms with E-state index in [9.17, 15) is 14.7 Å². The largest absolute Gasteiger partial charge is 0.857 e. The maximum atomic E-state index is 12.7. The number of rotatable bonds is 8. The summed E-state index contributed by atoms with van der Waals surface area (Å²) in [6.45, 7) is 0. The van der Waals surface area contributed by atoms with Gasteiger partial charge in [-0.2, -0.15) is 0 Å². The molecule has 0 atom stereocenters. The number of hydrogen-bond acceptors (Lipinski definition) is 7. The lowest BCUT2D eigenvalue weighted by atomic mass is 10.3. The van der Waals surface area contributed by atoms with Gasteiger partial charge in [-0.05, 0) is 72.8 Å². The van der Waals surface area contributed by atoms with Gasteiger partial charge in [0.15, 0.2) is 0 Å². The molecule has 0 radical (unpaired) electrons. The Morgan fingerprint density at radius 3 is 1.31 bits per heavy atom. The molecule has 0 aliphatic carbocycles. The summed E-state index contributed by atoms with van der Waals surface area (Å²) in [4.78, 5) is 28.5. The molecule has 0 aliphatic rings. The minimum atomic E-state index is -3.14. The van der Waals surface area contributed by atoms with Crippen molar-refractivity contribution < 1.29 is 23.8 Å². The number of methoxy groups -OCH3 is 3. The van der Waals surface area contributed by atoms with Gasteiger partial charge in [0.05, 0.1) is 21.3 Å². The minimum absolute atomic E-state index is 0.514. The molecule has 4 rings (SSSR count). The molecule has 10 heteroatoms. The summed E-state index contributed by atoms with van der Waals surface area (Å²) in [7, 11) is 1.54.